The topological polar surface area (TPSA) is 73.7 Å². The summed E-state index contributed by atoms with van der Waals surface area (Å²) in [6.45, 7) is 2.29. The molecule has 1 N–H and O–H groups in total. The van der Waals surface area contributed by atoms with Crippen LogP contribution in [-0.4, -0.2) is 57.4 Å². The van der Waals surface area contributed by atoms with Crippen LogP contribution >= 0.6 is 0 Å². The molecule has 0 radical (unpaired) electrons. The fourth-order valence-electron chi connectivity index (χ4n) is 4.51. The van der Waals surface area contributed by atoms with Crippen LogP contribution in [0.2, 0.25) is 0 Å². The molecule has 4 rings (SSSR count). The number of rotatable bonds is 3. The van der Waals surface area contributed by atoms with Crippen molar-refractivity contribution in [1.82, 2.24) is 14.8 Å². The molecule has 1 unspecified atom stereocenters. The van der Waals surface area contributed by atoms with Crippen LogP contribution in [0, 0.1) is 5.92 Å². The van der Waals surface area contributed by atoms with Gasteiger partial charge in [-0.15, -0.1) is 0 Å². The Morgan fingerprint density at radius 3 is 2.69 bits per heavy atom. The van der Waals surface area contributed by atoms with Crippen molar-refractivity contribution in [2.75, 3.05) is 20.1 Å². The Bertz CT molecular complexity index is 858. The smallest absolute Gasteiger partial charge is 0.309 e. The van der Waals surface area contributed by atoms with Gasteiger partial charge in [-0.25, -0.2) is 0 Å². The summed E-state index contributed by atoms with van der Waals surface area (Å²) in [5, 5.41) is 10.7. The second-order valence-electron chi connectivity index (χ2n) is 7.42. The standard InChI is InChI=1S/C20H23N3O3/c1-22-18(24)12-16(19(25)26)20(22)8-10-23(11-9-20)13-15-7-6-14-4-2-3-5-17(14)21-15/h2-7,16H,8-13H2,1H3,(H,25,26). The lowest BCUT2D eigenvalue weighted by molar-refractivity contribution is -0.146. The van der Waals surface area contributed by atoms with Gasteiger partial charge in [0.05, 0.1) is 22.7 Å². The first-order valence-corrected chi connectivity index (χ1v) is 9.06. The molecule has 1 amide bonds. The Morgan fingerprint density at radius 1 is 1.23 bits per heavy atom. The molecule has 1 aromatic heterocycles. The highest BCUT2D eigenvalue weighted by Crippen LogP contribution is 2.42. The van der Waals surface area contributed by atoms with E-state index in [1.807, 2.05) is 18.2 Å². The summed E-state index contributed by atoms with van der Waals surface area (Å²) in [5.41, 5.74) is 1.48. The van der Waals surface area contributed by atoms with E-state index in [0.29, 0.717) is 12.8 Å². The first-order valence-electron chi connectivity index (χ1n) is 9.06. The van der Waals surface area contributed by atoms with E-state index >= 15 is 0 Å². The number of carbonyl (C=O) groups excluding carboxylic acids is 1. The highest BCUT2D eigenvalue weighted by molar-refractivity contribution is 5.88. The van der Waals surface area contributed by atoms with E-state index < -0.39 is 17.4 Å². The van der Waals surface area contributed by atoms with Gasteiger partial charge in [-0.1, -0.05) is 24.3 Å². The number of aliphatic carboxylic acids is 1. The summed E-state index contributed by atoms with van der Waals surface area (Å²) in [6, 6.07) is 12.2. The van der Waals surface area contributed by atoms with Crippen molar-refractivity contribution in [2.24, 2.45) is 5.92 Å². The van der Waals surface area contributed by atoms with Gasteiger partial charge in [-0.2, -0.15) is 0 Å². The number of aromatic nitrogens is 1. The summed E-state index contributed by atoms with van der Waals surface area (Å²) in [5.74, 6) is -1.50. The van der Waals surface area contributed by atoms with Crippen molar-refractivity contribution >= 4 is 22.8 Å². The lowest BCUT2D eigenvalue weighted by Gasteiger charge is -2.45. The number of carboxylic acid groups (broad SMARTS) is 1. The second kappa shape index (κ2) is 6.36. The predicted octanol–water partition coefficient (Wildman–Crippen LogP) is 2.13. The molecule has 2 aromatic rings. The van der Waals surface area contributed by atoms with Gasteiger partial charge in [-0.05, 0) is 25.0 Å². The van der Waals surface area contributed by atoms with Crippen LogP contribution < -0.4 is 0 Å². The molecule has 2 aliphatic heterocycles. The van der Waals surface area contributed by atoms with E-state index in [1.165, 1.54) is 0 Å². The fraction of sp³-hybridized carbons (Fsp3) is 0.450. The molecule has 6 heteroatoms. The number of hydrogen-bond donors (Lipinski definition) is 1. The molecular formula is C20H23N3O3. The summed E-state index contributed by atoms with van der Waals surface area (Å²) in [6.07, 6.45) is 1.51. The average molecular weight is 353 g/mol. The maximum Gasteiger partial charge on any atom is 0.309 e. The molecule has 1 aromatic carbocycles. The zero-order chi connectivity index (χ0) is 18.3. The van der Waals surface area contributed by atoms with Gasteiger partial charge in [0.1, 0.15) is 0 Å². The van der Waals surface area contributed by atoms with Crippen molar-refractivity contribution in [3.8, 4) is 0 Å². The van der Waals surface area contributed by atoms with Gasteiger partial charge >= 0.3 is 5.97 Å². The third kappa shape index (κ3) is 2.74. The molecule has 2 saturated heterocycles. The Hall–Kier alpha value is -2.47. The van der Waals surface area contributed by atoms with Crippen LogP contribution in [0.5, 0.6) is 0 Å². The van der Waals surface area contributed by atoms with Crippen LogP contribution in [0.25, 0.3) is 10.9 Å². The maximum atomic E-state index is 12.1. The zero-order valence-corrected chi connectivity index (χ0v) is 14.9. The highest BCUT2D eigenvalue weighted by atomic mass is 16.4. The minimum atomic E-state index is -0.854. The number of para-hydroxylation sites is 1. The first kappa shape index (κ1) is 17.0. The number of carboxylic acids is 1. The summed E-state index contributed by atoms with van der Waals surface area (Å²) >= 11 is 0. The number of nitrogens with zero attached hydrogens (tertiary/aromatic N) is 3. The van der Waals surface area contributed by atoms with Gasteiger partial charge in [0.15, 0.2) is 0 Å². The molecule has 2 fully saturated rings. The van der Waals surface area contributed by atoms with E-state index in [9.17, 15) is 14.7 Å². The van der Waals surface area contributed by atoms with Crippen LogP contribution in [-0.2, 0) is 16.1 Å². The van der Waals surface area contributed by atoms with Gasteiger partial charge in [0.2, 0.25) is 5.91 Å². The highest BCUT2D eigenvalue weighted by Gasteiger charge is 2.55. The monoisotopic (exact) mass is 353 g/mol. The SMILES string of the molecule is CN1C(=O)CC(C(=O)O)C12CCN(Cc1ccc3ccccc3n1)CC2. The number of amides is 1. The molecule has 2 aliphatic rings. The molecule has 0 saturated carbocycles. The lowest BCUT2D eigenvalue weighted by atomic mass is 9.77. The van der Waals surface area contributed by atoms with E-state index in [0.717, 1.165) is 36.2 Å². The zero-order valence-electron chi connectivity index (χ0n) is 14.9. The van der Waals surface area contributed by atoms with E-state index in [1.54, 1.807) is 11.9 Å². The fourth-order valence-corrected chi connectivity index (χ4v) is 4.51. The second-order valence-corrected chi connectivity index (χ2v) is 7.42. The maximum absolute atomic E-state index is 12.1. The largest absolute Gasteiger partial charge is 0.481 e. The van der Waals surface area contributed by atoms with Crippen LogP contribution in [0.15, 0.2) is 36.4 Å². The molecule has 1 spiro atoms. The summed E-state index contributed by atoms with van der Waals surface area (Å²) < 4.78 is 0. The van der Waals surface area contributed by atoms with Crippen molar-refractivity contribution in [3.05, 3.63) is 42.1 Å². The Balaban J connectivity index is 1.47. The predicted molar refractivity (Wildman–Crippen MR) is 97.5 cm³/mol. The molecule has 26 heavy (non-hydrogen) atoms. The van der Waals surface area contributed by atoms with Gasteiger partial charge in [0, 0.05) is 38.5 Å². The minimum Gasteiger partial charge on any atom is -0.481 e. The number of piperidine rings is 1. The van der Waals surface area contributed by atoms with Gasteiger partial charge in [0.25, 0.3) is 0 Å². The third-order valence-electron chi connectivity index (χ3n) is 6.13. The van der Waals surface area contributed by atoms with Gasteiger partial charge < -0.3 is 10.0 Å². The van der Waals surface area contributed by atoms with Crippen molar-refractivity contribution < 1.29 is 14.7 Å². The van der Waals surface area contributed by atoms with Crippen molar-refractivity contribution in [1.29, 1.82) is 0 Å². The quantitative estimate of drug-likeness (QED) is 0.915. The van der Waals surface area contributed by atoms with E-state index in [-0.39, 0.29) is 12.3 Å². The summed E-state index contributed by atoms with van der Waals surface area (Å²) in [7, 11) is 1.76. The lowest BCUT2D eigenvalue weighted by Crippen LogP contribution is -2.55. The number of fused-ring (bicyclic) bond motifs is 1. The Morgan fingerprint density at radius 2 is 1.96 bits per heavy atom. The number of pyridine rings is 1. The Kier molecular flexibility index (Phi) is 4.15. The van der Waals surface area contributed by atoms with Gasteiger partial charge in [-0.3, -0.25) is 19.5 Å². The first-order chi connectivity index (χ1) is 12.5. The molecule has 0 aliphatic carbocycles. The number of hydrogen-bond acceptors (Lipinski definition) is 4. The van der Waals surface area contributed by atoms with Crippen LogP contribution in [0.3, 0.4) is 0 Å². The van der Waals surface area contributed by atoms with Crippen LogP contribution in [0.1, 0.15) is 25.0 Å². The Labute approximate surface area is 152 Å². The average Bonchev–Trinajstić information content (AvgIpc) is 2.89. The normalized spacial score (nSPS) is 23.0. The van der Waals surface area contributed by atoms with E-state index in [4.69, 9.17) is 4.98 Å². The van der Waals surface area contributed by atoms with E-state index in [2.05, 4.69) is 23.1 Å². The molecular weight excluding hydrogens is 330 g/mol. The number of likely N-dealkylation sites (tertiary alicyclic amines) is 2. The molecule has 3 heterocycles. The number of carbonyl (C=O) groups is 2. The van der Waals surface area contributed by atoms with Crippen molar-refractivity contribution in [3.63, 3.8) is 0 Å². The molecule has 1 atom stereocenters. The molecule has 6 nitrogen and oxygen atoms in total. The third-order valence-corrected chi connectivity index (χ3v) is 6.13. The molecule has 136 valence electrons. The van der Waals surface area contributed by atoms with Crippen LogP contribution in [0.4, 0.5) is 0 Å². The summed E-state index contributed by atoms with van der Waals surface area (Å²) in [4.78, 5) is 32.5. The molecule has 0 bridgehead atoms. The van der Waals surface area contributed by atoms with Crippen molar-refractivity contribution in [2.45, 2.75) is 31.3 Å². The minimum absolute atomic E-state index is 0.0537. The number of benzene rings is 1.